The lowest BCUT2D eigenvalue weighted by Crippen LogP contribution is -2.14. The summed E-state index contributed by atoms with van der Waals surface area (Å²) < 4.78 is 12.8. The van der Waals surface area contributed by atoms with Gasteiger partial charge in [-0.15, -0.1) is 0 Å². The molecule has 16 heavy (non-hydrogen) atoms. The molecule has 0 fully saturated rings. The Hall–Kier alpha value is -1.18. The van der Waals surface area contributed by atoms with Crippen LogP contribution in [-0.4, -0.2) is 4.98 Å². The molecule has 0 bridgehead atoms. The van der Waals surface area contributed by atoms with E-state index in [1.807, 2.05) is 0 Å². The lowest BCUT2D eigenvalue weighted by molar-refractivity contribution is 0.288. The zero-order valence-corrected chi connectivity index (χ0v) is 9.96. The van der Waals surface area contributed by atoms with Crippen LogP contribution in [0, 0.1) is 11.2 Å². The van der Waals surface area contributed by atoms with Gasteiger partial charge in [0.05, 0.1) is 11.9 Å². The van der Waals surface area contributed by atoms with E-state index in [0.717, 1.165) is 18.5 Å². The van der Waals surface area contributed by atoms with Gasteiger partial charge >= 0.3 is 0 Å². The predicted octanol–water partition coefficient (Wildman–Crippen LogP) is 4.20. The van der Waals surface area contributed by atoms with Gasteiger partial charge in [-0.25, -0.2) is 4.39 Å². The van der Waals surface area contributed by atoms with Crippen molar-refractivity contribution in [3.63, 3.8) is 0 Å². The highest BCUT2D eigenvalue weighted by Crippen LogP contribution is 2.45. The first-order valence-corrected chi connectivity index (χ1v) is 6.00. The monoisotopic (exact) mass is 219 g/mol. The Morgan fingerprint density at radius 3 is 2.56 bits per heavy atom. The van der Waals surface area contributed by atoms with Crippen LogP contribution in [-0.2, 0) is 0 Å². The number of allylic oxidation sites excluding steroid dienone is 2. The van der Waals surface area contributed by atoms with Crippen LogP contribution < -0.4 is 0 Å². The smallest absolute Gasteiger partial charge is 0.141 e. The van der Waals surface area contributed by atoms with Gasteiger partial charge in [-0.05, 0) is 48.8 Å². The number of aromatic nitrogens is 1. The molecule has 1 aliphatic rings. The Bertz CT molecular complexity index is 388. The van der Waals surface area contributed by atoms with Crippen LogP contribution in [0.2, 0.25) is 0 Å². The van der Waals surface area contributed by atoms with Gasteiger partial charge in [-0.3, -0.25) is 4.98 Å². The van der Waals surface area contributed by atoms with E-state index in [0.29, 0.717) is 5.41 Å². The third-order valence-electron chi connectivity index (χ3n) is 3.90. The molecule has 0 saturated carbocycles. The molecule has 0 N–H and O–H groups in total. The van der Waals surface area contributed by atoms with Gasteiger partial charge in [-0.1, -0.05) is 19.9 Å². The van der Waals surface area contributed by atoms with Crippen LogP contribution in [0.4, 0.5) is 4.39 Å². The number of pyridine rings is 1. The van der Waals surface area contributed by atoms with Crippen LogP contribution in [0.25, 0.3) is 5.57 Å². The molecule has 0 unspecified atom stereocenters. The Morgan fingerprint density at radius 2 is 2.06 bits per heavy atom. The molecule has 0 aliphatic heterocycles. The topological polar surface area (TPSA) is 12.9 Å². The second-order valence-electron chi connectivity index (χ2n) is 4.68. The summed E-state index contributed by atoms with van der Waals surface area (Å²) in [5.41, 5.74) is 2.64. The van der Waals surface area contributed by atoms with Crippen LogP contribution in [0.15, 0.2) is 24.4 Å². The second-order valence-corrected chi connectivity index (χ2v) is 4.68. The van der Waals surface area contributed by atoms with Crippen molar-refractivity contribution in [1.29, 1.82) is 0 Å². The maximum atomic E-state index is 12.8. The quantitative estimate of drug-likeness (QED) is 0.742. The minimum Gasteiger partial charge on any atom is -0.254 e. The standard InChI is InChI=1S/C14H18FN/c1-3-14(4-2)8-7-11(9-14)13-6-5-12(15)10-16-13/h5-7,10H,3-4,8-9H2,1-2H3. The van der Waals surface area contributed by atoms with E-state index in [1.165, 1.54) is 30.7 Å². The summed E-state index contributed by atoms with van der Waals surface area (Å²) in [6.07, 6.45) is 8.18. The van der Waals surface area contributed by atoms with E-state index in [2.05, 4.69) is 24.9 Å². The van der Waals surface area contributed by atoms with E-state index >= 15 is 0 Å². The highest BCUT2D eigenvalue weighted by Gasteiger charge is 2.31. The van der Waals surface area contributed by atoms with Gasteiger partial charge in [0.1, 0.15) is 5.82 Å². The first kappa shape index (κ1) is 11.3. The van der Waals surface area contributed by atoms with Gasteiger partial charge in [0.25, 0.3) is 0 Å². The molecule has 2 rings (SSSR count). The molecule has 0 atom stereocenters. The Balaban J connectivity index is 2.17. The summed E-state index contributed by atoms with van der Waals surface area (Å²) in [6.45, 7) is 4.50. The first-order valence-electron chi connectivity index (χ1n) is 6.00. The van der Waals surface area contributed by atoms with Crippen molar-refractivity contribution >= 4 is 5.57 Å². The molecule has 2 heteroatoms. The van der Waals surface area contributed by atoms with Gasteiger partial charge in [-0.2, -0.15) is 0 Å². The summed E-state index contributed by atoms with van der Waals surface area (Å²) in [5, 5.41) is 0. The van der Waals surface area contributed by atoms with Gasteiger partial charge < -0.3 is 0 Å². The minimum absolute atomic E-state index is 0.264. The van der Waals surface area contributed by atoms with E-state index < -0.39 is 0 Å². The number of hydrogen-bond donors (Lipinski definition) is 0. The highest BCUT2D eigenvalue weighted by molar-refractivity contribution is 5.65. The average molecular weight is 219 g/mol. The predicted molar refractivity (Wildman–Crippen MR) is 64.4 cm³/mol. The normalized spacial score (nSPS) is 18.6. The number of rotatable bonds is 3. The Labute approximate surface area is 96.4 Å². The molecule has 0 radical (unpaired) electrons. The maximum Gasteiger partial charge on any atom is 0.141 e. The van der Waals surface area contributed by atoms with Crippen LogP contribution in [0.5, 0.6) is 0 Å². The molecule has 0 amide bonds. The summed E-state index contributed by atoms with van der Waals surface area (Å²) in [7, 11) is 0. The summed E-state index contributed by atoms with van der Waals surface area (Å²) in [6, 6.07) is 3.27. The molecule has 0 spiro atoms. The molecule has 1 nitrogen and oxygen atoms in total. The van der Waals surface area contributed by atoms with Crippen molar-refractivity contribution < 1.29 is 4.39 Å². The summed E-state index contributed by atoms with van der Waals surface area (Å²) in [4.78, 5) is 4.15. The largest absolute Gasteiger partial charge is 0.254 e. The molecular weight excluding hydrogens is 201 g/mol. The second kappa shape index (κ2) is 4.36. The Kier molecular flexibility index (Phi) is 3.08. The van der Waals surface area contributed by atoms with Crippen molar-refractivity contribution in [3.05, 3.63) is 35.9 Å². The molecule has 1 heterocycles. The number of hydrogen-bond acceptors (Lipinski definition) is 1. The fraction of sp³-hybridized carbons (Fsp3) is 0.500. The zero-order chi connectivity index (χ0) is 11.6. The van der Waals surface area contributed by atoms with Crippen molar-refractivity contribution in [2.75, 3.05) is 0 Å². The molecule has 1 aromatic heterocycles. The van der Waals surface area contributed by atoms with Crippen molar-refractivity contribution in [2.45, 2.75) is 39.5 Å². The molecule has 0 saturated heterocycles. The van der Waals surface area contributed by atoms with Crippen molar-refractivity contribution in [2.24, 2.45) is 5.41 Å². The van der Waals surface area contributed by atoms with Crippen molar-refractivity contribution in [3.8, 4) is 0 Å². The average Bonchev–Trinajstić information content (AvgIpc) is 2.75. The van der Waals surface area contributed by atoms with E-state index in [1.54, 1.807) is 6.07 Å². The fourth-order valence-corrected chi connectivity index (χ4v) is 2.44. The minimum atomic E-state index is -0.264. The summed E-state index contributed by atoms with van der Waals surface area (Å²) in [5.74, 6) is -0.264. The zero-order valence-electron chi connectivity index (χ0n) is 9.96. The third kappa shape index (κ3) is 2.01. The van der Waals surface area contributed by atoms with E-state index in [9.17, 15) is 4.39 Å². The number of halogens is 1. The van der Waals surface area contributed by atoms with Crippen LogP contribution >= 0.6 is 0 Å². The van der Waals surface area contributed by atoms with Crippen molar-refractivity contribution in [1.82, 2.24) is 4.98 Å². The van der Waals surface area contributed by atoms with Crippen LogP contribution in [0.1, 0.15) is 45.2 Å². The summed E-state index contributed by atoms with van der Waals surface area (Å²) >= 11 is 0. The number of nitrogens with zero attached hydrogens (tertiary/aromatic N) is 1. The third-order valence-corrected chi connectivity index (χ3v) is 3.90. The van der Waals surface area contributed by atoms with Gasteiger partial charge in [0.15, 0.2) is 0 Å². The lowest BCUT2D eigenvalue weighted by atomic mass is 9.79. The first-order chi connectivity index (χ1) is 7.69. The molecule has 1 aromatic rings. The maximum absolute atomic E-state index is 12.8. The fourth-order valence-electron chi connectivity index (χ4n) is 2.44. The van der Waals surface area contributed by atoms with Gasteiger partial charge in [0.2, 0.25) is 0 Å². The molecule has 1 aliphatic carbocycles. The highest BCUT2D eigenvalue weighted by atomic mass is 19.1. The SMILES string of the molecule is CCC1(CC)CC=C(c2ccc(F)cn2)C1. The molecule has 0 aromatic carbocycles. The Morgan fingerprint density at radius 1 is 1.31 bits per heavy atom. The van der Waals surface area contributed by atoms with E-state index in [-0.39, 0.29) is 5.82 Å². The van der Waals surface area contributed by atoms with Gasteiger partial charge in [0, 0.05) is 0 Å². The lowest BCUT2D eigenvalue weighted by Gasteiger charge is -2.26. The molecular formula is C14H18FN. The van der Waals surface area contributed by atoms with E-state index in [4.69, 9.17) is 0 Å². The molecule has 86 valence electrons. The van der Waals surface area contributed by atoms with Crippen LogP contribution in [0.3, 0.4) is 0 Å².